The summed E-state index contributed by atoms with van der Waals surface area (Å²) in [7, 11) is 0. The maximum atomic E-state index is 5.80. The second-order valence-corrected chi connectivity index (χ2v) is 5.54. The standard InChI is InChI=1S/C13H28N2/c1-11(2)13-5-4-8-15(10-7-13)9-6-12(3)14/h11-13H,4-10,14H2,1-3H3. The fraction of sp³-hybridized carbons (Fsp3) is 1.00. The Balaban J connectivity index is 2.26. The largest absolute Gasteiger partial charge is 0.328 e. The average Bonchev–Trinajstić information content (AvgIpc) is 2.39. The van der Waals surface area contributed by atoms with Gasteiger partial charge in [-0.25, -0.2) is 0 Å². The van der Waals surface area contributed by atoms with Crippen LogP contribution in [-0.2, 0) is 0 Å². The monoisotopic (exact) mass is 212 g/mol. The second kappa shape index (κ2) is 6.49. The van der Waals surface area contributed by atoms with E-state index in [2.05, 4.69) is 25.7 Å². The first kappa shape index (κ1) is 13.0. The van der Waals surface area contributed by atoms with Crippen LogP contribution in [0.2, 0.25) is 0 Å². The highest BCUT2D eigenvalue weighted by Crippen LogP contribution is 2.24. The van der Waals surface area contributed by atoms with E-state index in [0.717, 1.165) is 18.3 Å². The molecule has 15 heavy (non-hydrogen) atoms. The summed E-state index contributed by atoms with van der Waals surface area (Å²) >= 11 is 0. The Labute approximate surface area is 95.2 Å². The quantitative estimate of drug-likeness (QED) is 0.776. The van der Waals surface area contributed by atoms with Crippen LogP contribution in [0.15, 0.2) is 0 Å². The number of hydrogen-bond donors (Lipinski definition) is 1. The molecule has 1 aliphatic heterocycles. The van der Waals surface area contributed by atoms with Crippen LogP contribution in [0.3, 0.4) is 0 Å². The van der Waals surface area contributed by atoms with Gasteiger partial charge >= 0.3 is 0 Å². The van der Waals surface area contributed by atoms with E-state index in [1.807, 2.05) is 0 Å². The lowest BCUT2D eigenvalue weighted by Gasteiger charge is -2.21. The van der Waals surface area contributed by atoms with Crippen molar-refractivity contribution >= 4 is 0 Å². The summed E-state index contributed by atoms with van der Waals surface area (Å²) in [6.07, 6.45) is 5.33. The lowest BCUT2D eigenvalue weighted by Crippen LogP contribution is -2.30. The molecule has 2 nitrogen and oxygen atoms in total. The van der Waals surface area contributed by atoms with Crippen molar-refractivity contribution in [3.05, 3.63) is 0 Å². The van der Waals surface area contributed by atoms with Crippen LogP contribution in [0, 0.1) is 11.8 Å². The third-order valence-electron chi connectivity index (χ3n) is 3.71. The Kier molecular flexibility index (Phi) is 5.62. The number of rotatable bonds is 4. The van der Waals surface area contributed by atoms with E-state index in [4.69, 9.17) is 5.73 Å². The summed E-state index contributed by atoms with van der Waals surface area (Å²) in [5, 5.41) is 0. The predicted octanol–water partition coefficient (Wildman–Crippen LogP) is 2.48. The van der Waals surface area contributed by atoms with Crippen LogP contribution in [0.4, 0.5) is 0 Å². The molecular weight excluding hydrogens is 184 g/mol. The number of hydrogen-bond acceptors (Lipinski definition) is 2. The van der Waals surface area contributed by atoms with Crippen LogP contribution >= 0.6 is 0 Å². The average molecular weight is 212 g/mol. The van der Waals surface area contributed by atoms with Gasteiger partial charge in [-0.1, -0.05) is 13.8 Å². The maximum Gasteiger partial charge on any atom is 0.00226 e. The lowest BCUT2D eigenvalue weighted by atomic mass is 9.89. The minimum absolute atomic E-state index is 0.356. The third kappa shape index (κ3) is 4.98. The van der Waals surface area contributed by atoms with Gasteiger partial charge in [0.2, 0.25) is 0 Å². The topological polar surface area (TPSA) is 29.3 Å². The zero-order chi connectivity index (χ0) is 11.3. The van der Waals surface area contributed by atoms with E-state index in [1.165, 1.54) is 38.9 Å². The predicted molar refractivity (Wildman–Crippen MR) is 66.9 cm³/mol. The first-order chi connectivity index (χ1) is 7.09. The van der Waals surface area contributed by atoms with E-state index < -0.39 is 0 Å². The molecule has 0 aliphatic carbocycles. The van der Waals surface area contributed by atoms with Crippen LogP contribution in [-0.4, -0.2) is 30.6 Å². The molecular formula is C13H28N2. The van der Waals surface area contributed by atoms with Crippen molar-refractivity contribution in [2.45, 2.75) is 52.5 Å². The molecule has 2 unspecified atom stereocenters. The van der Waals surface area contributed by atoms with Gasteiger partial charge in [-0.15, -0.1) is 0 Å². The number of likely N-dealkylation sites (tertiary alicyclic amines) is 1. The smallest absolute Gasteiger partial charge is 0.00226 e. The summed E-state index contributed by atoms with van der Waals surface area (Å²) in [5.41, 5.74) is 5.80. The van der Waals surface area contributed by atoms with E-state index in [-0.39, 0.29) is 0 Å². The second-order valence-electron chi connectivity index (χ2n) is 5.54. The third-order valence-corrected chi connectivity index (χ3v) is 3.71. The Morgan fingerprint density at radius 2 is 1.93 bits per heavy atom. The molecule has 2 atom stereocenters. The molecule has 1 saturated heterocycles. The molecule has 1 heterocycles. The van der Waals surface area contributed by atoms with Crippen molar-refractivity contribution in [2.24, 2.45) is 17.6 Å². The molecule has 0 spiro atoms. The van der Waals surface area contributed by atoms with E-state index in [9.17, 15) is 0 Å². The number of nitrogens with two attached hydrogens (primary N) is 1. The van der Waals surface area contributed by atoms with E-state index >= 15 is 0 Å². The van der Waals surface area contributed by atoms with Crippen LogP contribution in [0.1, 0.15) is 46.5 Å². The summed E-state index contributed by atoms with van der Waals surface area (Å²) in [6, 6.07) is 0.356. The van der Waals surface area contributed by atoms with Crippen molar-refractivity contribution < 1.29 is 0 Å². The molecule has 2 N–H and O–H groups in total. The zero-order valence-electron chi connectivity index (χ0n) is 10.7. The molecule has 0 aromatic carbocycles. The van der Waals surface area contributed by atoms with Crippen molar-refractivity contribution in [3.63, 3.8) is 0 Å². The van der Waals surface area contributed by atoms with Crippen LogP contribution in [0.5, 0.6) is 0 Å². The Morgan fingerprint density at radius 1 is 1.20 bits per heavy atom. The van der Waals surface area contributed by atoms with Crippen molar-refractivity contribution in [1.29, 1.82) is 0 Å². The normalized spacial score (nSPS) is 26.6. The van der Waals surface area contributed by atoms with Gasteiger partial charge in [0, 0.05) is 6.04 Å². The van der Waals surface area contributed by atoms with Gasteiger partial charge in [0.15, 0.2) is 0 Å². The SMILES string of the molecule is CC(N)CCN1CCCC(C(C)C)CC1. The zero-order valence-corrected chi connectivity index (χ0v) is 10.7. The van der Waals surface area contributed by atoms with E-state index in [1.54, 1.807) is 0 Å². The summed E-state index contributed by atoms with van der Waals surface area (Å²) in [6.45, 7) is 10.6. The molecule has 90 valence electrons. The Morgan fingerprint density at radius 3 is 2.53 bits per heavy atom. The Bertz CT molecular complexity index is 166. The minimum atomic E-state index is 0.356. The van der Waals surface area contributed by atoms with Crippen LogP contribution in [0.25, 0.3) is 0 Å². The van der Waals surface area contributed by atoms with Gasteiger partial charge in [0.1, 0.15) is 0 Å². The van der Waals surface area contributed by atoms with Crippen molar-refractivity contribution in [3.8, 4) is 0 Å². The fourth-order valence-corrected chi connectivity index (χ4v) is 2.46. The molecule has 1 fully saturated rings. The van der Waals surface area contributed by atoms with Gasteiger partial charge in [-0.05, 0) is 64.1 Å². The first-order valence-corrected chi connectivity index (χ1v) is 6.57. The summed E-state index contributed by atoms with van der Waals surface area (Å²) < 4.78 is 0. The van der Waals surface area contributed by atoms with Gasteiger partial charge in [-0.3, -0.25) is 0 Å². The maximum absolute atomic E-state index is 5.80. The first-order valence-electron chi connectivity index (χ1n) is 6.57. The molecule has 0 radical (unpaired) electrons. The minimum Gasteiger partial charge on any atom is -0.328 e. The summed E-state index contributed by atoms with van der Waals surface area (Å²) in [4.78, 5) is 2.60. The fourth-order valence-electron chi connectivity index (χ4n) is 2.46. The highest BCUT2D eigenvalue weighted by atomic mass is 15.1. The molecule has 2 heteroatoms. The highest BCUT2D eigenvalue weighted by molar-refractivity contribution is 4.72. The van der Waals surface area contributed by atoms with E-state index in [0.29, 0.717) is 6.04 Å². The molecule has 1 aliphatic rings. The molecule has 0 amide bonds. The van der Waals surface area contributed by atoms with Gasteiger partial charge in [-0.2, -0.15) is 0 Å². The van der Waals surface area contributed by atoms with Gasteiger partial charge in [0.05, 0.1) is 0 Å². The van der Waals surface area contributed by atoms with Crippen molar-refractivity contribution in [2.75, 3.05) is 19.6 Å². The van der Waals surface area contributed by atoms with Crippen LogP contribution < -0.4 is 5.73 Å². The molecule has 0 aromatic rings. The lowest BCUT2D eigenvalue weighted by molar-refractivity contribution is 0.264. The van der Waals surface area contributed by atoms with Crippen molar-refractivity contribution in [1.82, 2.24) is 4.90 Å². The Hall–Kier alpha value is -0.0800. The molecule has 1 rings (SSSR count). The van der Waals surface area contributed by atoms with Gasteiger partial charge in [0.25, 0.3) is 0 Å². The highest BCUT2D eigenvalue weighted by Gasteiger charge is 2.19. The summed E-state index contributed by atoms with van der Waals surface area (Å²) in [5.74, 6) is 1.81. The molecule has 0 aromatic heterocycles. The molecule has 0 saturated carbocycles. The van der Waals surface area contributed by atoms with Gasteiger partial charge < -0.3 is 10.6 Å². The number of nitrogens with zero attached hydrogens (tertiary/aromatic N) is 1. The molecule has 0 bridgehead atoms.